The van der Waals surface area contributed by atoms with Crippen molar-refractivity contribution in [3.63, 3.8) is 0 Å². The van der Waals surface area contributed by atoms with Gasteiger partial charge < -0.3 is 10.4 Å². The number of carboxylic acids is 1. The minimum Gasteiger partial charge on any atom is -0.481 e. The van der Waals surface area contributed by atoms with Crippen LogP contribution in [0.5, 0.6) is 0 Å². The average molecular weight is 302 g/mol. The maximum absolute atomic E-state index is 12.9. The maximum Gasteiger partial charge on any atom is 0.325 e. The monoisotopic (exact) mass is 302 g/mol. The van der Waals surface area contributed by atoms with Crippen molar-refractivity contribution in [1.29, 1.82) is 0 Å². The molecule has 1 spiro atoms. The number of nitrogens with one attached hydrogen (secondary N) is 1. The van der Waals surface area contributed by atoms with E-state index in [4.69, 9.17) is 5.11 Å². The number of urea groups is 1. The summed E-state index contributed by atoms with van der Waals surface area (Å²) in [4.78, 5) is 36.8. The summed E-state index contributed by atoms with van der Waals surface area (Å²) in [5.41, 5.74) is 0.903. The molecule has 1 fully saturated rings. The van der Waals surface area contributed by atoms with Gasteiger partial charge in [-0.1, -0.05) is 24.3 Å². The first-order valence-corrected chi connectivity index (χ1v) is 7.49. The van der Waals surface area contributed by atoms with Gasteiger partial charge in [0.2, 0.25) is 0 Å². The van der Waals surface area contributed by atoms with Gasteiger partial charge in [0.15, 0.2) is 0 Å². The number of fused-ring (bicyclic) bond motifs is 2. The van der Waals surface area contributed by atoms with Crippen molar-refractivity contribution in [2.75, 3.05) is 6.54 Å². The second-order valence-corrected chi connectivity index (χ2v) is 5.80. The van der Waals surface area contributed by atoms with E-state index in [1.807, 2.05) is 24.3 Å². The van der Waals surface area contributed by atoms with E-state index in [0.717, 1.165) is 35.3 Å². The molecule has 1 aliphatic heterocycles. The Morgan fingerprint density at radius 3 is 2.82 bits per heavy atom. The van der Waals surface area contributed by atoms with Gasteiger partial charge in [-0.15, -0.1) is 0 Å². The lowest BCUT2D eigenvalue weighted by Gasteiger charge is -2.27. The van der Waals surface area contributed by atoms with Crippen LogP contribution < -0.4 is 5.32 Å². The third-order valence-electron chi connectivity index (χ3n) is 4.45. The van der Waals surface area contributed by atoms with E-state index in [0.29, 0.717) is 6.42 Å². The highest BCUT2D eigenvalue weighted by Gasteiger charge is 2.53. The van der Waals surface area contributed by atoms with Crippen LogP contribution in [0.2, 0.25) is 0 Å². The second kappa shape index (κ2) is 5.44. The van der Waals surface area contributed by atoms with Crippen LogP contribution in [0, 0.1) is 0 Å². The van der Waals surface area contributed by atoms with Crippen molar-refractivity contribution < 1.29 is 19.5 Å². The Bertz CT molecular complexity index is 643. The lowest BCUT2D eigenvalue weighted by molar-refractivity contribution is -0.138. The molecule has 1 aromatic carbocycles. The summed E-state index contributed by atoms with van der Waals surface area (Å²) in [5, 5.41) is 11.6. The predicted molar refractivity (Wildman–Crippen MR) is 78.2 cm³/mol. The molecule has 6 nitrogen and oxygen atoms in total. The molecule has 2 aliphatic rings. The molecule has 3 rings (SSSR count). The summed E-state index contributed by atoms with van der Waals surface area (Å²) in [7, 11) is 0. The standard InChI is InChI=1S/C16H18N2O4/c19-13(20)8-10-18-14(21)16(17-15(18)22)9-4-3-6-11-5-1-2-7-12(11)16/h1-2,5,7H,3-4,6,8-10H2,(H,17,22)(H,19,20). The van der Waals surface area contributed by atoms with Crippen molar-refractivity contribution in [2.24, 2.45) is 0 Å². The Balaban J connectivity index is 1.98. The lowest BCUT2D eigenvalue weighted by atomic mass is 9.84. The Morgan fingerprint density at radius 1 is 1.27 bits per heavy atom. The topological polar surface area (TPSA) is 86.7 Å². The number of aliphatic carboxylic acids is 1. The number of hydrogen-bond donors (Lipinski definition) is 2. The number of carbonyl (C=O) groups excluding carboxylic acids is 2. The molecule has 0 saturated carbocycles. The van der Waals surface area contributed by atoms with Crippen LogP contribution >= 0.6 is 0 Å². The number of carbonyl (C=O) groups is 3. The highest BCUT2D eigenvalue weighted by Crippen LogP contribution is 2.38. The molecule has 0 aromatic heterocycles. The third-order valence-corrected chi connectivity index (χ3v) is 4.45. The minimum absolute atomic E-state index is 0.0933. The van der Waals surface area contributed by atoms with Crippen LogP contribution in [0.3, 0.4) is 0 Å². The Morgan fingerprint density at radius 2 is 2.05 bits per heavy atom. The van der Waals surface area contributed by atoms with Gasteiger partial charge >= 0.3 is 12.0 Å². The number of benzene rings is 1. The third kappa shape index (κ3) is 2.24. The van der Waals surface area contributed by atoms with Gasteiger partial charge in [-0.3, -0.25) is 14.5 Å². The summed E-state index contributed by atoms with van der Waals surface area (Å²) in [6.07, 6.45) is 3.01. The number of rotatable bonds is 3. The molecule has 1 saturated heterocycles. The van der Waals surface area contributed by atoms with Gasteiger partial charge in [-0.25, -0.2) is 4.79 Å². The summed E-state index contributed by atoms with van der Waals surface area (Å²) in [5.74, 6) is -1.35. The highest BCUT2D eigenvalue weighted by atomic mass is 16.4. The molecule has 2 N–H and O–H groups in total. The maximum atomic E-state index is 12.9. The first kappa shape index (κ1) is 14.6. The largest absolute Gasteiger partial charge is 0.481 e. The molecule has 1 aliphatic carbocycles. The van der Waals surface area contributed by atoms with E-state index in [1.165, 1.54) is 0 Å². The number of aryl methyl sites for hydroxylation is 1. The summed E-state index contributed by atoms with van der Waals surface area (Å²) in [6.45, 7) is -0.0933. The average Bonchev–Trinajstić information content (AvgIpc) is 2.63. The van der Waals surface area contributed by atoms with Crippen molar-refractivity contribution in [3.8, 4) is 0 Å². The molecule has 1 unspecified atom stereocenters. The lowest BCUT2D eigenvalue weighted by Crippen LogP contribution is -2.44. The first-order valence-electron chi connectivity index (χ1n) is 7.49. The summed E-state index contributed by atoms with van der Waals surface area (Å²) < 4.78 is 0. The molecule has 6 heteroatoms. The van der Waals surface area contributed by atoms with Gasteiger partial charge in [-0.05, 0) is 36.8 Å². The molecular weight excluding hydrogens is 284 g/mol. The summed E-state index contributed by atoms with van der Waals surface area (Å²) in [6, 6.07) is 7.18. The number of imide groups is 1. The fraction of sp³-hybridized carbons (Fsp3) is 0.438. The van der Waals surface area contributed by atoms with Crippen molar-refractivity contribution >= 4 is 17.9 Å². The van der Waals surface area contributed by atoms with Crippen LogP contribution in [0.25, 0.3) is 0 Å². The van der Waals surface area contributed by atoms with Crippen LogP contribution in [-0.4, -0.2) is 34.5 Å². The molecule has 1 aromatic rings. The quantitative estimate of drug-likeness (QED) is 0.831. The van der Waals surface area contributed by atoms with E-state index in [2.05, 4.69) is 5.32 Å². The van der Waals surface area contributed by atoms with Crippen LogP contribution in [0.15, 0.2) is 24.3 Å². The normalized spacial score (nSPS) is 24.1. The molecule has 0 radical (unpaired) electrons. The predicted octanol–water partition coefficient (Wildman–Crippen LogP) is 1.63. The van der Waals surface area contributed by atoms with Crippen LogP contribution in [0.1, 0.15) is 36.8 Å². The molecule has 1 atom stereocenters. The first-order chi connectivity index (χ1) is 10.5. The van der Waals surface area contributed by atoms with E-state index in [-0.39, 0.29) is 18.9 Å². The van der Waals surface area contributed by atoms with Gasteiger partial charge in [0.25, 0.3) is 5.91 Å². The van der Waals surface area contributed by atoms with Gasteiger partial charge in [-0.2, -0.15) is 0 Å². The van der Waals surface area contributed by atoms with E-state index in [1.54, 1.807) is 0 Å². The molecule has 22 heavy (non-hydrogen) atoms. The van der Waals surface area contributed by atoms with Crippen LogP contribution in [-0.2, 0) is 21.5 Å². The molecule has 0 bridgehead atoms. The van der Waals surface area contributed by atoms with Gasteiger partial charge in [0.05, 0.1) is 6.42 Å². The fourth-order valence-electron chi connectivity index (χ4n) is 3.38. The Labute approximate surface area is 128 Å². The number of nitrogens with zero attached hydrogens (tertiary/aromatic N) is 1. The molecule has 1 heterocycles. The minimum atomic E-state index is -1.03. The van der Waals surface area contributed by atoms with Crippen molar-refractivity contribution in [3.05, 3.63) is 35.4 Å². The van der Waals surface area contributed by atoms with E-state index >= 15 is 0 Å². The van der Waals surface area contributed by atoms with E-state index in [9.17, 15) is 14.4 Å². The zero-order valence-corrected chi connectivity index (χ0v) is 12.2. The molecule has 3 amide bonds. The smallest absolute Gasteiger partial charge is 0.325 e. The van der Waals surface area contributed by atoms with Crippen molar-refractivity contribution in [2.45, 2.75) is 37.6 Å². The Kier molecular flexibility index (Phi) is 3.60. The van der Waals surface area contributed by atoms with E-state index < -0.39 is 17.5 Å². The fourth-order valence-corrected chi connectivity index (χ4v) is 3.38. The van der Waals surface area contributed by atoms with Crippen molar-refractivity contribution in [1.82, 2.24) is 10.2 Å². The van der Waals surface area contributed by atoms with Crippen LogP contribution in [0.4, 0.5) is 4.79 Å². The zero-order chi connectivity index (χ0) is 15.7. The highest BCUT2D eigenvalue weighted by molar-refractivity contribution is 6.07. The summed E-state index contributed by atoms with van der Waals surface area (Å²) >= 11 is 0. The SMILES string of the molecule is O=C(O)CCN1C(=O)NC2(CCCCc3ccccc32)C1=O. The molecular formula is C16H18N2O4. The second-order valence-electron chi connectivity index (χ2n) is 5.80. The van der Waals surface area contributed by atoms with Gasteiger partial charge in [0, 0.05) is 6.54 Å². The molecule has 116 valence electrons. The zero-order valence-electron chi connectivity index (χ0n) is 12.2. The number of hydrogen-bond acceptors (Lipinski definition) is 3. The van der Waals surface area contributed by atoms with Gasteiger partial charge in [0.1, 0.15) is 5.54 Å². The number of carboxylic acid groups (broad SMARTS) is 1. The number of amides is 3. The Hall–Kier alpha value is -2.37.